The molecule has 0 saturated heterocycles. The summed E-state index contributed by atoms with van der Waals surface area (Å²) in [7, 11) is 0. The van der Waals surface area contributed by atoms with Crippen LogP contribution in [0.1, 0.15) is 0 Å². The van der Waals surface area contributed by atoms with Crippen LogP contribution in [0.2, 0.25) is 0 Å². The lowest BCUT2D eigenvalue weighted by Gasteiger charge is -2.08. The fraction of sp³-hybridized carbons (Fsp3) is 0.143. The van der Waals surface area contributed by atoms with E-state index in [0.717, 1.165) is 5.75 Å². The van der Waals surface area contributed by atoms with Crippen LogP contribution in [0, 0.1) is 0 Å². The van der Waals surface area contributed by atoms with Gasteiger partial charge < -0.3 is 15.0 Å². The molecule has 2 N–H and O–H groups in total. The lowest BCUT2D eigenvalue weighted by molar-refractivity contribution is 0.296. The maximum Gasteiger partial charge on any atom is 0.276 e. The Morgan fingerprint density at radius 2 is 1.95 bits per heavy atom. The molecular formula is C14H14N4O2. The van der Waals surface area contributed by atoms with E-state index in [-0.39, 0.29) is 5.56 Å². The van der Waals surface area contributed by atoms with E-state index in [1.165, 1.54) is 0 Å². The van der Waals surface area contributed by atoms with Gasteiger partial charge in [-0.1, -0.05) is 0 Å². The van der Waals surface area contributed by atoms with Crippen molar-refractivity contribution in [3.63, 3.8) is 0 Å². The van der Waals surface area contributed by atoms with Gasteiger partial charge in [0.1, 0.15) is 17.9 Å². The summed E-state index contributed by atoms with van der Waals surface area (Å²) in [5, 5.41) is 4.02. The highest BCUT2D eigenvalue weighted by molar-refractivity contribution is 5.42. The largest absolute Gasteiger partial charge is 0.492 e. The Labute approximate surface area is 115 Å². The highest BCUT2D eigenvalue weighted by atomic mass is 16.5. The van der Waals surface area contributed by atoms with Crippen LogP contribution in [0.3, 0.4) is 0 Å². The second kappa shape index (κ2) is 5.08. The molecule has 0 spiro atoms. The molecule has 2 aromatic heterocycles. The third-order valence-corrected chi connectivity index (χ3v) is 3.02. The van der Waals surface area contributed by atoms with E-state index in [1.807, 2.05) is 0 Å². The monoisotopic (exact) mass is 270 g/mol. The Morgan fingerprint density at radius 1 is 1.15 bits per heavy atom. The van der Waals surface area contributed by atoms with E-state index in [4.69, 9.17) is 10.5 Å². The van der Waals surface area contributed by atoms with Gasteiger partial charge in [0.2, 0.25) is 0 Å². The summed E-state index contributed by atoms with van der Waals surface area (Å²) in [6.45, 7) is 0.888. The number of aromatic nitrogens is 3. The second-order valence-electron chi connectivity index (χ2n) is 4.38. The molecule has 20 heavy (non-hydrogen) atoms. The molecule has 6 nitrogen and oxygen atoms in total. The highest BCUT2D eigenvalue weighted by Gasteiger charge is 2.03. The zero-order valence-corrected chi connectivity index (χ0v) is 10.8. The van der Waals surface area contributed by atoms with Crippen molar-refractivity contribution >= 4 is 11.2 Å². The first kappa shape index (κ1) is 12.3. The first-order chi connectivity index (χ1) is 9.74. The predicted molar refractivity (Wildman–Crippen MR) is 75.8 cm³/mol. The molecule has 0 radical (unpaired) electrons. The zero-order chi connectivity index (χ0) is 13.9. The van der Waals surface area contributed by atoms with Crippen LogP contribution in [0.5, 0.6) is 5.75 Å². The van der Waals surface area contributed by atoms with E-state index in [0.29, 0.717) is 24.4 Å². The quantitative estimate of drug-likeness (QED) is 0.722. The Balaban J connectivity index is 1.69. The smallest absolute Gasteiger partial charge is 0.276 e. The molecular weight excluding hydrogens is 256 g/mol. The van der Waals surface area contributed by atoms with Crippen LogP contribution in [-0.4, -0.2) is 20.8 Å². The van der Waals surface area contributed by atoms with Crippen molar-refractivity contribution in [3.8, 4) is 5.75 Å². The molecule has 0 aliphatic heterocycles. The Hall–Kier alpha value is -2.76. The average Bonchev–Trinajstić information content (AvgIpc) is 2.93. The summed E-state index contributed by atoms with van der Waals surface area (Å²) in [6.07, 6.45) is 5.06. The number of nitrogens with zero attached hydrogens (tertiary/aromatic N) is 3. The molecule has 3 aromatic rings. The predicted octanol–water partition coefficient (Wildman–Crippen LogP) is 1.16. The number of fused-ring (bicyclic) bond motifs is 1. The minimum Gasteiger partial charge on any atom is -0.492 e. The van der Waals surface area contributed by atoms with Crippen molar-refractivity contribution in [3.05, 3.63) is 59.3 Å². The molecule has 3 rings (SSSR count). The number of rotatable bonds is 4. The van der Waals surface area contributed by atoms with Gasteiger partial charge in [-0.25, -0.2) is 4.52 Å². The minimum atomic E-state index is -0.0779. The van der Waals surface area contributed by atoms with E-state index in [1.54, 1.807) is 58.0 Å². The number of nitrogen functional groups attached to an aromatic ring is 1. The van der Waals surface area contributed by atoms with Crippen LogP contribution in [-0.2, 0) is 6.54 Å². The summed E-state index contributed by atoms with van der Waals surface area (Å²) in [6, 6.07) is 8.86. The van der Waals surface area contributed by atoms with Crippen LogP contribution in [0.25, 0.3) is 5.52 Å². The number of hydrogen-bond acceptors (Lipinski definition) is 4. The van der Waals surface area contributed by atoms with Gasteiger partial charge in [-0.05, 0) is 30.3 Å². The lowest BCUT2D eigenvalue weighted by Crippen LogP contribution is -2.24. The third-order valence-electron chi connectivity index (χ3n) is 3.02. The van der Waals surface area contributed by atoms with Gasteiger partial charge in [0.15, 0.2) is 0 Å². The molecule has 0 unspecified atom stereocenters. The number of anilines is 1. The van der Waals surface area contributed by atoms with Crippen molar-refractivity contribution in [2.45, 2.75) is 6.54 Å². The van der Waals surface area contributed by atoms with Crippen LogP contribution in [0.4, 0.5) is 5.69 Å². The number of ether oxygens (including phenoxy) is 1. The lowest BCUT2D eigenvalue weighted by atomic mass is 10.3. The molecule has 0 fully saturated rings. The van der Waals surface area contributed by atoms with E-state index >= 15 is 0 Å². The Bertz CT molecular complexity index is 774. The summed E-state index contributed by atoms with van der Waals surface area (Å²) in [5.41, 5.74) is 6.77. The SMILES string of the molecule is Nc1ccc(OCCn2ccn3nccc3c2=O)cc1. The topological polar surface area (TPSA) is 74.6 Å². The summed E-state index contributed by atoms with van der Waals surface area (Å²) in [4.78, 5) is 12.1. The molecule has 0 atom stereocenters. The molecule has 0 saturated carbocycles. The van der Waals surface area contributed by atoms with Crippen LogP contribution < -0.4 is 16.0 Å². The maximum atomic E-state index is 12.1. The molecule has 0 aliphatic carbocycles. The van der Waals surface area contributed by atoms with Crippen molar-refractivity contribution in [2.24, 2.45) is 0 Å². The molecule has 102 valence electrons. The fourth-order valence-electron chi connectivity index (χ4n) is 1.96. The average molecular weight is 270 g/mol. The molecule has 0 bridgehead atoms. The third kappa shape index (κ3) is 2.35. The van der Waals surface area contributed by atoms with Gasteiger partial charge in [0.05, 0.1) is 12.7 Å². The molecule has 0 amide bonds. The van der Waals surface area contributed by atoms with E-state index in [2.05, 4.69) is 5.10 Å². The van der Waals surface area contributed by atoms with Crippen molar-refractivity contribution in [1.82, 2.24) is 14.2 Å². The summed E-state index contributed by atoms with van der Waals surface area (Å²) < 4.78 is 8.74. The molecule has 2 heterocycles. The standard InChI is InChI=1S/C14H14N4O2/c15-11-1-3-12(4-2-11)20-10-9-17-7-8-18-13(14(17)19)5-6-16-18/h1-8H,9-10,15H2. The van der Waals surface area contributed by atoms with Gasteiger partial charge in [0.25, 0.3) is 5.56 Å². The first-order valence-electron chi connectivity index (χ1n) is 6.25. The molecule has 0 aliphatic rings. The van der Waals surface area contributed by atoms with Crippen LogP contribution in [0.15, 0.2) is 53.7 Å². The number of hydrogen-bond donors (Lipinski definition) is 1. The van der Waals surface area contributed by atoms with Gasteiger partial charge in [0, 0.05) is 18.1 Å². The van der Waals surface area contributed by atoms with Crippen LogP contribution >= 0.6 is 0 Å². The van der Waals surface area contributed by atoms with Gasteiger partial charge >= 0.3 is 0 Å². The minimum absolute atomic E-state index is 0.0779. The van der Waals surface area contributed by atoms with E-state index < -0.39 is 0 Å². The molecule has 6 heteroatoms. The Kier molecular flexibility index (Phi) is 3.12. The molecule has 1 aromatic carbocycles. The van der Waals surface area contributed by atoms with Crippen molar-refractivity contribution < 1.29 is 4.74 Å². The fourth-order valence-corrected chi connectivity index (χ4v) is 1.96. The second-order valence-corrected chi connectivity index (χ2v) is 4.38. The van der Waals surface area contributed by atoms with Crippen molar-refractivity contribution in [1.29, 1.82) is 0 Å². The normalized spacial score (nSPS) is 10.8. The summed E-state index contributed by atoms with van der Waals surface area (Å²) in [5.74, 6) is 0.734. The first-order valence-corrected chi connectivity index (χ1v) is 6.25. The number of benzene rings is 1. The van der Waals surface area contributed by atoms with E-state index in [9.17, 15) is 4.79 Å². The van der Waals surface area contributed by atoms with Crippen molar-refractivity contribution in [2.75, 3.05) is 12.3 Å². The Morgan fingerprint density at radius 3 is 2.75 bits per heavy atom. The van der Waals surface area contributed by atoms with Gasteiger partial charge in [-0.15, -0.1) is 0 Å². The zero-order valence-electron chi connectivity index (χ0n) is 10.8. The number of nitrogens with two attached hydrogens (primary N) is 1. The highest BCUT2D eigenvalue weighted by Crippen LogP contribution is 2.12. The summed E-state index contributed by atoms with van der Waals surface area (Å²) >= 11 is 0. The van der Waals surface area contributed by atoms with Gasteiger partial charge in [-0.2, -0.15) is 5.10 Å². The maximum absolute atomic E-state index is 12.1. The van der Waals surface area contributed by atoms with Gasteiger partial charge in [-0.3, -0.25) is 4.79 Å².